The SMILES string of the molecule is O=C1NC(c2ccccc2S(=O)(=O)O)=C2C(=O)NC(c3ccc(Cl)cc3)=C12. The van der Waals surface area contributed by atoms with E-state index in [4.69, 9.17) is 11.6 Å². The number of nitrogens with one attached hydrogen (secondary N) is 2. The molecule has 0 fully saturated rings. The first-order valence-electron chi connectivity index (χ1n) is 7.72. The number of carbonyl (C=O) groups excluding carboxylic acids is 2. The minimum absolute atomic E-state index is 0.0288. The molecule has 2 aromatic rings. The van der Waals surface area contributed by atoms with E-state index in [2.05, 4.69) is 10.6 Å². The zero-order chi connectivity index (χ0) is 19.3. The third-order valence-electron chi connectivity index (χ3n) is 4.25. The van der Waals surface area contributed by atoms with E-state index < -0.39 is 26.8 Å². The molecule has 2 amide bonds. The molecular formula is C18H11ClN2O5S. The molecular weight excluding hydrogens is 392 g/mol. The highest BCUT2D eigenvalue weighted by atomic mass is 35.5. The van der Waals surface area contributed by atoms with Gasteiger partial charge < -0.3 is 10.6 Å². The molecule has 0 atom stereocenters. The second kappa shape index (κ2) is 6.05. The van der Waals surface area contributed by atoms with E-state index in [0.717, 1.165) is 0 Å². The maximum absolute atomic E-state index is 12.6. The van der Waals surface area contributed by atoms with Crippen LogP contribution in [0.1, 0.15) is 11.1 Å². The van der Waals surface area contributed by atoms with Crippen molar-refractivity contribution >= 4 is 44.9 Å². The summed E-state index contributed by atoms with van der Waals surface area (Å²) in [5.41, 5.74) is 1.10. The van der Waals surface area contributed by atoms with E-state index in [1.165, 1.54) is 18.2 Å². The number of carbonyl (C=O) groups is 2. The summed E-state index contributed by atoms with van der Waals surface area (Å²) >= 11 is 5.88. The minimum atomic E-state index is -4.55. The standard InChI is InChI=1S/C18H11ClN2O5S/c19-10-7-5-9(6-8-10)15-13-14(18(23)20-15)16(21-17(13)22)11-3-1-2-4-12(11)27(24,25)26/h1-8H,(H,20,23)(H,21,22)(H,24,25,26). The first kappa shape index (κ1) is 17.5. The summed E-state index contributed by atoms with van der Waals surface area (Å²) in [6.07, 6.45) is 0. The van der Waals surface area contributed by atoms with E-state index in [1.54, 1.807) is 30.3 Å². The molecule has 0 aliphatic carbocycles. The van der Waals surface area contributed by atoms with Gasteiger partial charge in [0, 0.05) is 10.6 Å². The third-order valence-corrected chi connectivity index (χ3v) is 5.41. The molecule has 0 saturated carbocycles. The third kappa shape index (κ3) is 2.84. The first-order valence-corrected chi connectivity index (χ1v) is 9.53. The zero-order valence-electron chi connectivity index (χ0n) is 13.5. The number of hydrogen-bond acceptors (Lipinski definition) is 4. The normalized spacial score (nSPS) is 16.5. The van der Waals surface area contributed by atoms with Crippen LogP contribution in [-0.2, 0) is 19.7 Å². The Kier molecular flexibility index (Phi) is 3.92. The lowest BCUT2D eigenvalue weighted by molar-refractivity contribution is -0.117. The quantitative estimate of drug-likeness (QED) is 0.679. The Morgan fingerprint density at radius 1 is 0.815 bits per heavy atom. The molecule has 0 saturated heterocycles. The van der Waals surface area contributed by atoms with Crippen molar-refractivity contribution in [2.45, 2.75) is 4.90 Å². The molecule has 0 aromatic heterocycles. The Balaban J connectivity index is 1.96. The zero-order valence-corrected chi connectivity index (χ0v) is 15.1. The van der Waals surface area contributed by atoms with Crippen LogP contribution in [0, 0.1) is 0 Å². The molecule has 0 spiro atoms. The van der Waals surface area contributed by atoms with Gasteiger partial charge in [0.2, 0.25) is 0 Å². The van der Waals surface area contributed by atoms with Crippen LogP contribution < -0.4 is 10.6 Å². The summed E-state index contributed by atoms with van der Waals surface area (Å²) in [5, 5.41) is 5.70. The number of amides is 2. The Morgan fingerprint density at radius 3 is 2.00 bits per heavy atom. The fraction of sp³-hybridized carbons (Fsp3) is 0. The Bertz CT molecular complexity index is 1180. The molecule has 0 bridgehead atoms. The first-order chi connectivity index (χ1) is 12.8. The van der Waals surface area contributed by atoms with Crippen molar-refractivity contribution in [1.82, 2.24) is 10.6 Å². The van der Waals surface area contributed by atoms with Gasteiger partial charge >= 0.3 is 0 Å². The molecule has 136 valence electrons. The summed E-state index contributed by atoms with van der Waals surface area (Å²) in [7, 11) is -4.55. The van der Waals surface area contributed by atoms with Gasteiger partial charge in [-0.1, -0.05) is 41.9 Å². The summed E-state index contributed by atoms with van der Waals surface area (Å²) in [5.74, 6) is -1.10. The van der Waals surface area contributed by atoms with Crippen molar-refractivity contribution in [1.29, 1.82) is 0 Å². The number of halogens is 1. The lowest BCUT2D eigenvalue weighted by Gasteiger charge is -2.10. The molecule has 2 aromatic carbocycles. The molecule has 27 heavy (non-hydrogen) atoms. The summed E-state index contributed by atoms with van der Waals surface area (Å²) in [4.78, 5) is 24.7. The van der Waals surface area contributed by atoms with Gasteiger partial charge in [0.25, 0.3) is 21.9 Å². The van der Waals surface area contributed by atoms with Crippen LogP contribution in [0.2, 0.25) is 5.02 Å². The molecule has 2 aliphatic heterocycles. The molecule has 0 unspecified atom stereocenters. The van der Waals surface area contributed by atoms with Gasteiger partial charge in [0.15, 0.2) is 0 Å². The van der Waals surface area contributed by atoms with Crippen molar-refractivity contribution in [3.05, 3.63) is 75.8 Å². The van der Waals surface area contributed by atoms with Crippen molar-refractivity contribution in [3.8, 4) is 0 Å². The van der Waals surface area contributed by atoms with E-state index in [9.17, 15) is 22.6 Å². The lowest BCUT2D eigenvalue weighted by Crippen LogP contribution is -2.22. The summed E-state index contributed by atoms with van der Waals surface area (Å²) in [6.45, 7) is 0. The van der Waals surface area contributed by atoms with Crippen LogP contribution in [0.25, 0.3) is 11.4 Å². The molecule has 4 rings (SSSR count). The molecule has 2 aliphatic rings. The fourth-order valence-corrected chi connectivity index (χ4v) is 3.94. The van der Waals surface area contributed by atoms with Crippen molar-refractivity contribution in [2.24, 2.45) is 0 Å². The topological polar surface area (TPSA) is 113 Å². The molecule has 3 N–H and O–H groups in total. The Hall–Kier alpha value is -2.94. The molecule has 7 nitrogen and oxygen atoms in total. The highest BCUT2D eigenvalue weighted by Gasteiger charge is 2.41. The van der Waals surface area contributed by atoms with Gasteiger partial charge in [-0.15, -0.1) is 0 Å². The van der Waals surface area contributed by atoms with Gasteiger partial charge in [0.05, 0.1) is 22.5 Å². The second-order valence-electron chi connectivity index (χ2n) is 5.89. The van der Waals surface area contributed by atoms with Crippen molar-refractivity contribution in [3.63, 3.8) is 0 Å². The monoisotopic (exact) mass is 402 g/mol. The van der Waals surface area contributed by atoms with Gasteiger partial charge in [-0.2, -0.15) is 8.42 Å². The number of hydrogen-bond donors (Lipinski definition) is 3. The maximum Gasteiger partial charge on any atom is 0.295 e. The van der Waals surface area contributed by atoms with E-state index in [0.29, 0.717) is 16.3 Å². The lowest BCUT2D eigenvalue weighted by atomic mass is 10.0. The fourth-order valence-electron chi connectivity index (χ4n) is 3.11. The van der Waals surface area contributed by atoms with Gasteiger partial charge in [0.1, 0.15) is 4.90 Å². The maximum atomic E-state index is 12.6. The van der Waals surface area contributed by atoms with E-state index in [1.807, 2.05) is 0 Å². The van der Waals surface area contributed by atoms with Gasteiger partial charge in [-0.05, 0) is 23.8 Å². The average Bonchev–Trinajstić information content (AvgIpc) is 3.14. The predicted molar refractivity (Wildman–Crippen MR) is 97.8 cm³/mol. The van der Waals surface area contributed by atoms with Crippen LogP contribution in [0.3, 0.4) is 0 Å². The summed E-state index contributed by atoms with van der Waals surface area (Å²) < 4.78 is 32.8. The Morgan fingerprint density at radius 2 is 1.37 bits per heavy atom. The molecule has 9 heteroatoms. The van der Waals surface area contributed by atoms with Crippen LogP contribution >= 0.6 is 11.6 Å². The minimum Gasteiger partial charge on any atom is -0.321 e. The van der Waals surface area contributed by atoms with Crippen LogP contribution in [0.5, 0.6) is 0 Å². The van der Waals surface area contributed by atoms with Crippen LogP contribution in [-0.4, -0.2) is 24.8 Å². The number of rotatable bonds is 3. The van der Waals surface area contributed by atoms with Crippen molar-refractivity contribution < 1.29 is 22.6 Å². The van der Waals surface area contributed by atoms with Gasteiger partial charge in [-0.3, -0.25) is 14.1 Å². The largest absolute Gasteiger partial charge is 0.321 e. The van der Waals surface area contributed by atoms with Crippen LogP contribution in [0.15, 0.2) is 64.6 Å². The number of fused-ring (bicyclic) bond motifs is 1. The highest BCUT2D eigenvalue weighted by Crippen LogP contribution is 2.38. The van der Waals surface area contributed by atoms with Crippen LogP contribution in [0.4, 0.5) is 0 Å². The average molecular weight is 403 g/mol. The molecule has 0 radical (unpaired) electrons. The Labute approximate surface area is 159 Å². The van der Waals surface area contributed by atoms with E-state index >= 15 is 0 Å². The number of benzene rings is 2. The van der Waals surface area contributed by atoms with Crippen molar-refractivity contribution in [2.75, 3.05) is 0 Å². The van der Waals surface area contributed by atoms with E-state index in [-0.39, 0.29) is 22.4 Å². The van der Waals surface area contributed by atoms with Gasteiger partial charge in [-0.25, -0.2) is 0 Å². The smallest absolute Gasteiger partial charge is 0.295 e. The predicted octanol–water partition coefficient (Wildman–Crippen LogP) is 1.97. The summed E-state index contributed by atoms with van der Waals surface area (Å²) in [6, 6.07) is 12.1. The highest BCUT2D eigenvalue weighted by molar-refractivity contribution is 7.86. The second-order valence-corrected chi connectivity index (χ2v) is 7.71. The molecule has 2 heterocycles.